The van der Waals surface area contributed by atoms with E-state index in [0.29, 0.717) is 32.4 Å². The standard InChI is InChI=1S/C28H28Cl2N4O3/c29-17-12-13-21(22(30)15-17)26-25(27(35)33-37-16-18-7-5-6-14-32-18)19-8-1-2-9-20(19)28(36)34(26)24-11-4-3-10-23(24)31/h1-2,5-9,12-15,23-26H,3-4,10-11,16,31H2,(H,33,35)/t23-,24?,25+,26-/m1/s1. The summed E-state index contributed by atoms with van der Waals surface area (Å²) in [6.07, 6.45) is 5.18. The van der Waals surface area contributed by atoms with Crippen molar-refractivity contribution >= 4 is 35.0 Å². The number of halogens is 2. The fourth-order valence-corrected chi connectivity index (χ4v) is 6.01. The average molecular weight is 539 g/mol. The highest BCUT2D eigenvalue weighted by atomic mass is 35.5. The van der Waals surface area contributed by atoms with Gasteiger partial charge in [-0.05, 0) is 54.3 Å². The average Bonchev–Trinajstić information content (AvgIpc) is 2.90. The molecule has 1 unspecified atom stereocenters. The summed E-state index contributed by atoms with van der Waals surface area (Å²) in [5.41, 5.74) is 11.6. The van der Waals surface area contributed by atoms with Crippen LogP contribution in [0.2, 0.25) is 10.0 Å². The first-order valence-electron chi connectivity index (χ1n) is 12.4. The van der Waals surface area contributed by atoms with E-state index in [2.05, 4.69) is 10.5 Å². The van der Waals surface area contributed by atoms with Crippen molar-refractivity contribution in [3.63, 3.8) is 0 Å². The maximum absolute atomic E-state index is 14.0. The van der Waals surface area contributed by atoms with Gasteiger partial charge in [-0.1, -0.05) is 66.4 Å². The van der Waals surface area contributed by atoms with Gasteiger partial charge < -0.3 is 10.6 Å². The Kier molecular flexibility index (Phi) is 7.76. The molecule has 2 amide bonds. The van der Waals surface area contributed by atoms with E-state index in [9.17, 15) is 9.59 Å². The van der Waals surface area contributed by atoms with Crippen LogP contribution in [-0.2, 0) is 16.2 Å². The number of carbonyl (C=O) groups is 2. The van der Waals surface area contributed by atoms with Crippen LogP contribution in [0.4, 0.5) is 0 Å². The Morgan fingerprint density at radius 2 is 1.84 bits per heavy atom. The molecule has 1 saturated carbocycles. The van der Waals surface area contributed by atoms with E-state index in [1.165, 1.54) is 0 Å². The van der Waals surface area contributed by atoms with Gasteiger partial charge in [0.1, 0.15) is 6.61 Å². The van der Waals surface area contributed by atoms with Gasteiger partial charge in [0, 0.05) is 33.9 Å². The Balaban J connectivity index is 1.57. The highest BCUT2D eigenvalue weighted by Gasteiger charge is 2.48. The minimum atomic E-state index is -0.787. The molecule has 0 saturated heterocycles. The summed E-state index contributed by atoms with van der Waals surface area (Å²) in [6, 6.07) is 16.7. The third kappa shape index (κ3) is 5.22. The number of fused-ring (bicyclic) bond motifs is 1. The summed E-state index contributed by atoms with van der Waals surface area (Å²) in [5.74, 6) is -1.33. The molecule has 0 spiro atoms. The highest BCUT2D eigenvalue weighted by Crippen LogP contribution is 2.47. The summed E-state index contributed by atoms with van der Waals surface area (Å²) in [7, 11) is 0. The Morgan fingerprint density at radius 3 is 2.59 bits per heavy atom. The number of hydrogen-bond acceptors (Lipinski definition) is 5. The third-order valence-electron chi connectivity index (χ3n) is 7.20. The Hall–Kier alpha value is -2.97. The number of hydroxylamine groups is 1. The normalized spacial score (nSPS) is 23.4. The Bertz CT molecular complexity index is 1290. The third-order valence-corrected chi connectivity index (χ3v) is 7.76. The number of benzene rings is 2. The van der Waals surface area contributed by atoms with Gasteiger partial charge in [-0.3, -0.25) is 19.4 Å². The molecule has 4 atom stereocenters. The summed E-state index contributed by atoms with van der Waals surface area (Å²) >= 11 is 12.9. The van der Waals surface area contributed by atoms with Gasteiger partial charge in [0.2, 0.25) is 0 Å². The lowest BCUT2D eigenvalue weighted by atomic mass is 9.76. The zero-order valence-corrected chi connectivity index (χ0v) is 21.7. The smallest absolute Gasteiger partial charge is 0.255 e. The molecule has 5 rings (SSSR count). The van der Waals surface area contributed by atoms with Crippen molar-refractivity contribution in [1.82, 2.24) is 15.4 Å². The number of carbonyl (C=O) groups excluding carboxylic acids is 2. The van der Waals surface area contributed by atoms with Gasteiger partial charge >= 0.3 is 0 Å². The molecule has 9 heteroatoms. The zero-order valence-electron chi connectivity index (χ0n) is 20.1. The number of hydrogen-bond donors (Lipinski definition) is 2. The molecule has 192 valence electrons. The minimum absolute atomic E-state index is 0.101. The van der Waals surface area contributed by atoms with Gasteiger partial charge in [0.15, 0.2) is 0 Å². The topological polar surface area (TPSA) is 97.5 Å². The molecule has 2 aliphatic rings. The molecular weight excluding hydrogens is 511 g/mol. The second-order valence-corrected chi connectivity index (χ2v) is 10.3. The van der Waals surface area contributed by atoms with E-state index < -0.39 is 12.0 Å². The van der Waals surface area contributed by atoms with E-state index in [1.54, 1.807) is 41.4 Å². The summed E-state index contributed by atoms with van der Waals surface area (Å²) in [6.45, 7) is 0.101. The Labute approximate surface area is 225 Å². The highest BCUT2D eigenvalue weighted by molar-refractivity contribution is 6.35. The lowest BCUT2D eigenvalue weighted by Gasteiger charge is -2.48. The van der Waals surface area contributed by atoms with Crippen LogP contribution in [0.1, 0.15) is 64.8 Å². The van der Waals surface area contributed by atoms with Crippen LogP contribution in [0.25, 0.3) is 0 Å². The first-order chi connectivity index (χ1) is 18.0. The molecule has 0 bridgehead atoms. The summed E-state index contributed by atoms with van der Waals surface area (Å²) in [4.78, 5) is 39.4. The molecule has 1 aliphatic heterocycles. The lowest BCUT2D eigenvalue weighted by Crippen LogP contribution is -2.57. The molecule has 1 aliphatic carbocycles. The van der Waals surface area contributed by atoms with Crippen molar-refractivity contribution in [2.45, 2.75) is 56.3 Å². The van der Waals surface area contributed by atoms with Crippen molar-refractivity contribution in [2.75, 3.05) is 0 Å². The van der Waals surface area contributed by atoms with E-state index in [-0.39, 0.29) is 30.5 Å². The van der Waals surface area contributed by atoms with Gasteiger partial charge in [-0.15, -0.1) is 0 Å². The van der Waals surface area contributed by atoms with Gasteiger partial charge in [0.05, 0.1) is 17.7 Å². The molecule has 2 heterocycles. The quantitative estimate of drug-likeness (QED) is 0.421. The minimum Gasteiger partial charge on any atom is -0.326 e. The predicted molar refractivity (Wildman–Crippen MR) is 142 cm³/mol. The molecule has 3 N–H and O–H groups in total. The van der Waals surface area contributed by atoms with E-state index >= 15 is 0 Å². The van der Waals surface area contributed by atoms with Crippen LogP contribution in [0.15, 0.2) is 66.9 Å². The lowest BCUT2D eigenvalue weighted by molar-refractivity contribution is -0.138. The first-order valence-corrected chi connectivity index (χ1v) is 13.1. The number of amides is 2. The maximum Gasteiger partial charge on any atom is 0.255 e. The SMILES string of the molecule is N[C@@H]1CCCCC1N1C(=O)c2ccccc2[C@H](C(=O)NOCc2ccccn2)[C@H]1c1ccc(Cl)cc1Cl. The zero-order chi connectivity index (χ0) is 25.9. The molecule has 7 nitrogen and oxygen atoms in total. The summed E-state index contributed by atoms with van der Waals surface area (Å²) in [5, 5.41) is 0.850. The number of rotatable bonds is 6. The van der Waals surface area contributed by atoms with Crippen LogP contribution in [0.3, 0.4) is 0 Å². The fraction of sp³-hybridized carbons (Fsp3) is 0.321. The molecule has 37 heavy (non-hydrogen) atoms. The number of aromatic nitrogens is 1. The van der Waals surface area contributed by atoms with Crippen molar-refractivity contribution in [1.29, 1.82) is 0 Å². The van der Waals surface area contributed by atoms with Crippen LogP contribution < -0.4 is 11.2 Å². The molecule has 0 radical (unpaired) electrons. The molecule has 1 aromatic heterocycles. The van der Waals surface area contributed by atoms with Gasteiger partial charge in [-0.25, -0.2) is 5.48 Å². The van der Waals surface area contributed by atoms with E-state index in [4.69, 9.17) is 33.8 Å². The van der Waals surface area contributed by atoms with Crippen molar-refractivity contribution < 1.29 is 14.4 Å². The summed E-state index contributed by atoms with van der Waals surface area (Å²) < 4.78 is 0. The second-order valence-electron chi connectivity index (χ2n) is 9.48. The molecule has 3 aromatic rings. The fourth-order valence-electron chi connectivity index (χ4n) is 5.48. The molecule has 1 fully saturated rings. The van der Waals surface area contributed by atoms with E-state index in [1.807, 2.05) is 30.3 Å². The van der Waals surface area contributed by atoms with Gasteiger partial charge in [-0.2, -0.15) is 0 Å². The van der Waals surface area contributed by atoms with Crippen molar-refractivity contribution in [3.8, 4) is 0 Å². The van der Waals surface area contributed by atoms with Gasteiger partial charge in [0.25, 0.3) is 11.8 Å². The van der Waals surface area contributed by atoms with Crippen LogP contribution in [0.5, 0.6) is 0 Å². The van der Waals surface area contributed by atoms with Crippen LogP contribution >= 0.6 is 23.2 Å². The maximum atomic E-state index is 14.0. The van der Waals surface area contributed by atoms with Crippen molar-refractivity contribution in [3.05, 3.63) is 99.3 Å². The predicted octanol–water partition coefficient (Wildman–Crippen LogP) is 5.19. The molecular formula is C28H28Cl2N4O3. The number of nitrogens with two attached hydrogens (primary N) is 1. The monoisotopic (exact) mass is 538 g/mol. The number of nitrogens with zero attached hydrogens (tertiary/aromatic N) is 2. The number of nitrogens with one attached hydrogen (secondary N) is 1. The van der Waals surface area contributed by atoms with Crippen molar-refractivity contribution in [2.24, 2.45) is 5.73 Å². The van der Waals surface area contributed by atoms with Crippen LogP contribution in [-0.4, -0.2) is 33.8 Å². The van der Waals surface area contributed by atoms with E-state index in [0.717, 1.165) is 25.7 Å². The second kappa shape index (κ2) is 11.2. The Morgan fingerprint density at radius 1 is 1.05 bits per heavy atom. The largest absolute Gasteiger partial charge is 0.326 e. The molecule has 2 aromatic carbocycles. The van der Waals surface area contributed by atoms with Crippen LogP contribution in [0, 0.1) is 0 Å². The number of pyridine rings is 1. The first kappa shape index (κ1) is 25.7.